The van der Waals surface area contributed by atoms with Gasteiger partial charge in [0, 0.05) is 23.1 Å². The predicted octanol–water partition coefficient (Wildman–Crippen LogP) is 4.59. The monoisotopic (exact) mass is 534 g/mol. The lowest BCUT2D eigenvalue weighted by atomic mass is 10.0. The van der Waals surface area contributed by atoms with Gasteiger partial charge < -0.3 is 19.7 Å². The van der Waals surface area contributed by atoms with Gasteiger partial charge in [0.25, 0.3) is 0 Å². The lowest BCUT2D eigenvalue weighted by molar-refractivity contribution is 0.0697. The van der Waals surface area contributed by atoms with Crippen LogP contribution in [0.3, 0.4) is 0 Å². The van der Waals surface area contributed by atoms with E-state index in [0.717, 1.165) is 11.9 Å². The van der Waals surface area contributed by atoms with E-state index in [9.17, 15) is 18.3 Å². The van der Waals surface area contributed by atoms with Crippen molar-refractivity contribution in [2.24, 2.45) is 0 Å². The fourth-order valence-electron chi connectivity index (χ4n) is 4.37. The number of aromatic carboxylic acids is 1. The second-order valence-electron chi connectivity index (χ2n) is 8.47. The molecule has 2 aromatic heterocycles. The first-order valence-electron chi connectivity index (χ1n) is 11.2. The average Bonchev–Trinajstić information content (AvgIpc) is 3.49. The molecule has 2 atom stereocenters. The summed E-state index contributed by atoms with van der Waals surface area (Å²) in [4.78, 5) is 18.2. The minimum atomic E-state index is -3.42. The van der Waals surface area contributed by atoms with Crippen molar-refractivity contribution in [3.8, 4) is 11.3 Å². The first-order chi connectivity index (χ1) is 17.7. The Morgan fingerprint density at radius 2 is 1.78 bits per heavy atom. The Morgan fingerprint density at radius 1 is 1.05 bits per heavy atom. The molecule has 0 spiro atoms. The van der Waals surface area contributed by atoms with Crippen LogP contribution in [0.25, 0.3) is 11.3 Å². The van der Waals surface area contributed by atoms with Gasteiger partial charge in [-0.1, -0.05) is 24.3 Å². The number of pyridine rings is 1. The van der Waals surface area contributed by atoms with Crippen LogP contribution in [0.15, 0.2) is 89.5 Å². The quantitative estimate of drug-likeness (QED) is 0.292. The van der Waals surface area contributed by atoms with Gasteiger partial charge in [0.05, 0.1) is 23.6 Å². The highest BCUT2D eigenvalue weighted by Crippen LogP contribution is 2.43. The molecule has 188 valence electrons. The van der Waals surface area contributed by atoms with Crippen LogP contribution in [0.5, 0.6) is 0 Å². The van der Waals surface area contributed by atoms with Crippen molar-refractivity contribution >= 4 is 44.7 Å². The molecule has 3 N–H and O–H groups in total. The first-order valence-corrected chi connectivity index (χ1v) is 13.5. The highest BCUT2D eigenvalue weighted by Gasteiger charge is 2.42. The number of hydrogen-bond donors (Lipinski definition) is 3. The molecule has 1 aliphatic heterocycles. The SMILES string of the molecule is CS(=O)(=O)Nc1ccc(N2C(=S)N[C@H](c3ccccn3)[C@H]2c2ccc(-c3ccccc3C(=O)O)o2)cc1. The number of aromatic nitrogens is 1. The summed E-state index contributed by atoms with van der Waals surface area (Å²) in [5.74, 6) is -0.0807. The Hall–Kier alpha value is -4.22. The number of anilines is 2. The number of hydrogen-bond acceptors (Lipinski definition) is 6. The summed E-state index contributed by atoms with van der Waals surface area (Å²) < 4.78 is 31.9. The van der Waals surface area contributed by atoms with E-state index < -0.39 is 22.0 Å². The van der Waals surface area contributed by atoms with Crippen LogP contribution in [0, 0.1) is 0 Å². The highest BCUT2D eigenvalue weighted by molar-refractivity contribution is 7.92. The van der Waals surface area contributed by atoms with Gasteiger partial charge in [-0.2, -0.15) is 0 Å². The van der Waals surface area contributed by atoms with E-state index in [0.29, 0.717) is 33.6 Å². The smallest absolute Gasteiger partial charge is 0.336 e. The summed E-state index contributed by atoms with van der Waals surface area (Å²) >= 11 is 5.71. The van der Waals surface area contributed by atoms with E-state index in [1.165, 1.54) is 6.07 Å². The molecule has 0 bridgehead atoms. The fourth-order valence-corrected chi connectivity index (χ4v) is 5.28. The molecule has 5 rings (SSSR count). The molecule has 9 nitrogen and oxygen atoms in total. The number of carboxylic acid groups (broad SMARTS) is 1. The third-order valence-corrected chi connectivity index (χ3v) is 6.81. The summed E-state index contributed by atoms with van der Waals surface area (Å²) in [6.45, 7) is 0. The van der Waals surface area contributed by atoms with E-state index in [2.05, 4.69) is 15.0 Å². The largest absolute Gasteiger partial charge is 0.478 e. The molecule has 37 heavy (non-hydrogen) atoms. The van der Waals surface area contributed by atoms with Crippen molar-refractivity contribution in [1.29, 1.82) is 0 Å². The van der Waals surface area contributed by atoms with Gasteiger partial charge in [-0.3, -0.25) is 9.71 Å². The molecule has 0 amide bonds. The number of sulfonamides is 1. The number of nitrogens with one attached hydrogen (secondary N) is 2. The second-order valence-corrected chi connectivity index (χ2v) is 10.6. The second kappa shape index (κ2) is 9.68. The zero-order valence-corrected chi connectivity index (χ0v) is 21.2. The van der Waals surface area contributed by atoms with Gasteiger partial charge in [0.15, 0.2) is 5.11 Å². The minimum Gasteiger partial charge on any atom is -0.478 e. The Balaban J connectivity index is 1.57. The van der Waals surface area contributed by atoms with E-state index in [1.54, 1.807) is 60.8 Å². The van der Waals surface area contributed by atoms with Gasteiger partial charge in [0.1, 0.15) is 17.6 Å². The van der Waals surface area contributed by atoms with Crippen molar-refractivity contribution in [3.63, 3.8) is 0 Å². The normalized spacial score (nSPS) is 17.4. The summed E-state index contributed by atoms with van der Waals surface area (Å²) in [7, 11) is -3.42. The predicted molar refractivity (Wildman–Crippen MR) is 144 cm³/mol. The summed E-state index contributed by atoms with van der Waals surface area (Å²) in [6, 6.07) is 21.8. The van der Waals surface area contributed by atoms with Crippen LogP contribution in [-0.2, 0) is 10.0 Å². The number of carboxylic acids is 1. The Labute approximate surface area is 218 Å². The van der Waals surface area contributed by atoms with Crippen molar-refractivity contribution < 1.29 is 22.7 Å². The van der Waals surface area contributed by atoms with E-state index in [-0.39, 0.29) is 11.6 Å². The molecule has 11 heteroatoms. The van der Waals surface area contributed by atoms with E-state index in [4.69, 9.17) is 16.6 Å². The average molecular weight is 535 g/mol. The number of nitrogens with zero attached hydrogens (tertiary/aromatic N) is 2. The summed E-state index contributed by atoms with van der Waals surface area (Å²) in [6.07, 6.45) is 2.78. The van der Waals surface area contributed by atoms with Crippen LogP contribution < -0.4 is 14.9 Å². The Kier molecular flexibility index (Phi) is 6.40. The van der Waals surface area contributed by atoms with Crippen LogP contribution in [0.4, 0.5) is 11.4 Å². The van der Waals surface area contributed by atoms with Gasteiger partial charge in [0.2, 0.25) is 10.0 Å². The zero-order chi connectivity index (χ0) is 26.2. The van der Waals surface area contributed by atoms with Crippen molar-refractivity contribution in [3.05, 3.63) is 102 Å². The van der Waals surface area contributed by atoms with Crippen LogP contribution in [-0.4, -0.2) is 35.8 Å². The van der Waals surface area contributed by atoms with E-state index in [1.807, 2.05) is 23.1 Å². The van der Waals surface area contributed by atoms with Crippen LogP contribution in [0.2, 0.25) is 0 Å². The topological polar surface area (TPSA) is 125 Å². The molecular formula is C26H22N4O5S2. The van der Waals surface area contributed by atoms with Gasteiger partial charge in [-0.05, 0) is 66.8 Å². The summed E-state index contributed by atoms with van der Waals surface area (Å²) in [5, 5.41) is 13.4. The van der Waals surface area contributed by atoms with Crippen molar-refractivity contribution in [2.75, 3.05) is 15.9 Å². The van der Waals surface area contributed by atoms with Gasteiger partial charge in [-0.15, -0.1) is 0 Å². The molecule has 1 saturated heterocycles. The molecule has 0 aliphatic carbocycles. The molecule has 2 aromatic carbocycles. The lowest BCUT2D eigenvalue weighted by Crippen LogP contribution is -2.29. The fraction of sp³-hybridized carbons (Fsp3) is 0.115. The van der Waals surface area contributed by atoms with Gasteiger partial charge in [-0.25, -0.2) is 13.2 Å². The Morgan fingerprint density at radius 3 is 2.46 bits per heavy atom. The molecule has 1 fully saturated rings. The highest BCUT2D eigenvalue weighted by atomic mass is 32.2. The van der Waals surface area contributed by atoms with Crippen molar-refractivity contribution in [2.45, 2.75) is 12.1 Å². The van der Waals surface area contributed by atoms with E-state index >= 15 is 0 Å². The number of carbonyl (C=O) groups is 1. The molecule has 1 aliphatic rings. The number of benzene rings is 2. The molecule has 0 unspecified atom stereocenters. The summed E-state index contributed by atoms with van der Waals surface area (Å²) in [5.41, 5.74) is 2.48. The maximum atomic E-state index is 11.8. The first kappa shape index (κ1) is 24.5. The number of furan rings is 1. The molecule has 0 radical (unpaired) electrons. The van der Waals surface area contributed by atoms with Crippen LogP contribution in [0.1, 0.15) is 33.9 Å². The van der Waals surface area contributed by atoms with Crippen molar-refractivity contribution in [1.82, 2.24) is 10.3 Å². The molecular weight excluding hydrogens is 512 g/mol. The molecule has 4 aromatic rings. The molecule has 3 heterocycles. The maximum Gasteiger partial charge on any atom is 0.336 e. The third kappa shape index (κ3) is 5.04. The lowest BCUT2D eigenvalue weighted by Gasteiger charge is -2.26. The standard InChI is InChI=1S/C26H22N4O5S2/c1-37(33,34)29-16-9-11-17(12-10-16)30-24(23(28-26(30)36)20-8-4-5-15-27-20)22-14-13-21(35-22)18-6-2-3-7-19(18)25(31)32/h2-15,23-24,29H,1H3,(H,28,36)(H,31,32)/t23-,24-/m1/s1. The minimum absolute atomic E-state index is 0.135. The maximum absolute atomic E-state index is 11.8. The molecule has 0 saturated carbocycles. The number of thiocarbonyl (C=S) groups is 1. The third-order valence-electron chi connectivity index (χ3n) is 5.89. The zero-order valence-electron chi connectivity index (χ0n) is 19.5. The number of rotatable bonds is 7. The van der Waals surface area contributed by atoms with Gasteiger partial charge >= 0.3 is 5.97 Å². The Bertz CT molecular complexity index is 1570. The van der Waals surface area contributed by atoms with Crippen LogP contribution >= 0.6 is 12.2 Å².